The van der Waals surface area contributed by atoms with E-state index in [9.17, 15) is 0 Å². The molecule has 0 amide bonds. The molecule has 21 heavy (non-hydrogen) atoms. The second kappa shape index (κ2) is 7.61. The Labute approximate surface area is 129 Å². The Morgan fingerprint density at radius 3 is 2.76 bits per heavy atom. The van der Waals surface area contributed by atoms with E-state index in [0.29, 0.717) is 24.3 Å². The first-order valence-electron chi connectivity index (χ1n) is 7.45. The standard InChI is InChI=1S/C16H20N2O2S/c1-2-6-13(7-3-1)10-15-17-18-16(20-15)12-21-11-14-8-4-5-9-19-14/h1-3,6-7,14H,4-5,8-12H2/t14-/m0/s1. The molecular weight excluding hydrogens is 284 g/mol. The summed E-state index contributed by atoms with van der Waals surface area (Å²) in [4.78, 5) is 0. The Morgan fingerprint density at radius 2 is 1.95 bits per heavy atom. The average Bonchev–Trinajstić information content (AvgIpc) is 2.97. The van der Waals surface area contributed by atoms with Crippen LogP contribution in [0.15, 0.2) is 34.7 Å². The van der Waals surface area contributed by atoms with Crippen molar-refractivity contribution in [1.29, 1.82) is 0 Å². The van der Waals surface area contributed by atoms with E-state index in [0.717, 1.165) is 18.1 Å². The molecule has 1 atom stereocenters. The number of hydrogen-bond donors (Lipinski definition) is 0. The van der Waals surface area contributed by atoms with E-state index < -0.39 is 0 Å². The molecule has 1 aliphatic rings. The lowest BCUT2D eigenvalue weighted by atomic mass is 10.1. The normalized spacial score (nSPS) is 18.8. The van der Waals surface area contributed by atoms with Gasteiger partial charge in [-0.3, -0.25) is 0 Å². The third kappa shape index (κ3) is 4.58. The molecule has 0 aliphatic carbocycles. The molecule has 112 valence electrons. The second-order valence-corrected chi connectivity index (χ2v) is 6.29. The van der Waals surface area contributed by atoms with E-state index in [1.54, 1.807) is 0 Å². The first kappa shape index (κ1) is 14.6. The van der Waals surface area contributed by atoms with Crippen molar-refractivity contribution in [1.82, 2.24) is 10.2 Å². The summed E-state index contributed by atoms with van der Waals surface area (Å²) in [6.07, 6.45) is 4.76. The van der Waals surface area contributed by atoms with Crippen LogP contribution in [0.25, 0.3) is 0 Å². The van der Waals surface area contributed by atoms with Crippen molar-refractivity contribution in [2.24, 2.45) is 0 Å². The van der Waals surface area contributed by atoms with Crippen LogP contribution >= 0.6 is 11.8 Å². The molecule has 4 nitrogen and oxygen atoms in total. The molecule has 0 N–H and O–H groups in total. The smallest absolute Gasteiger partial charge is 0.226 e. The van der Waals surface area contributed by atoms with E-state index in [-0.39, 0.29) is 0 Å². The van der Waals surface area contributed by atoms with Gasteiger partial charge in [0.05, 0.1) is 18.3 Å². The summed E-state index contributed by atoms with van der Waals surface area (Å²) in [5.41, 5.74) is 1.19. The quantitative estimate of drug-likeness (QED) is 0.818. The van der Waals surface area contributed by atoms with E-state index in [1.165, 1.54) is 24.8 Å². The molecule has 1 fully saturated rings. The third-order valence-corrected chi connectivity index (χ3v) is 4.57. The van der Waals surface area contributed by atoms with E-state index >= 15 is 0 Å². The van der Waals surface area contributed by atoms with Gasteiger partial charge in [-0.15, -0.1) is 22.0 Å². The van der Waals surface area contributed by atoms with Crippen molar-refractivity contribution in [3.63, 3.8) is 0 Å². The zero-order valence-electron chi connectivity index (χ0n) is 12.0. The first-order valence-corrected chi connectivity index (χ1v) is 8.60. The summed E-state index contributed by atoms with van der Waals surface area (Å²) in [5, 5.41) is 8.23. The van der Waals surface area contributed by atoms with Crippen LogP contribution in [0.2, 0.25) is 0 Å². The SMILES string of the molecule is c1ccc(Cc2nnc(CSC[C@@H]3CCCCO3)o2)cc1. The maximum absolute atomic E-state index is 5.71. The molecule has 1 aliphatic heterocycles. The van der Waals surface area contributed by atoms with Gasteiger partial charge in [-0.25, -0.2) is 0 Å². The molecule has 0 saturated carbocycles. The van der Waals surface area contributed by atoms with Crippen LogP contribution in [-0.4, -0.2) is 28.7 Å². The Balaban J connectivity index is 1.44. The van der Waals surface area contributed by atoms with Crippen LogP contribution in [0.5, 0.6) is 0 Å². The summed E-state index contributed by atoms with van der Waals surface area (Å²) in [5.74, 6) is 3.17. The summed E-state index contributed by atoms with van der Waals surface area (Å²) < 4.78 is 11.4. The number of hydrogen-bond acceptors (Lipinski definition) is 5. The molecular formula is C16H20N2O2S. The van der Waals surface area contributed by atoms with Gasteiger partial charge in [-0.05, 0) is 24.8 Å². The number of aromatic nitrogens is 2. The highest BCUT2D eigenvalue weighted by Crippen LogP contribution is 2.20. The van der Waals surface area contributed by atoms with Crippen molar-refractivity contribution in [2.45, 2.75) is 37.5 Å². The van der Waals surface area contributed by atoms with Crippen LogP contribution < -0.4 is 0 Å². The van der Waals surface area contributed by atoms with Gasteiger partial charge in [0.15, 0.2) is 0 Å². The summed E-state index contributed by atoms with van der Waals surface area (Å²) in [7, 11) is 0. The fraction of sp³-hybridized carbons (Fsp3) is 0.500. The van der Waals surface area contributed by atoms with Gasteiger partial charge in [-0.2, -0.15) is 0 Å². The summed E-state index contributed by atoms with van der Waals surface area (Å²) in [6.45, 7) is 0.910. The van der Waals surface area contributed by atoms with Gasteiger partial charge < -0.3 is 9.15 Å². The minimum absolute atomic E-state index is 0.399. The molecule has 1 aromatic heterocycles. The molecule has 1 aromatic carbocycles. The Morgan fingerprint density at radius 1 is 1.10 bits per heavy atom. The highest BCUT2D eigenvalue weighted by atomic mass is 32.2. The van der Waals surface area contributed by atoms with Gasteiger partial charge in [0, 0.05) is 12.4 Å². The highest BCUT2D eigenvalue weighted by Gasteiger charge is 2.14. The van der Waals surface area contributed by atoms with Gasteiger partial charge in [0.1, 0.15) is 0 Å². The fourth-order valence-electron chi connectivity index (χ4n) is 2.41. The minimum Gasteiger partial charge on any atom is -0.424 e. The van der Waals surface area contributed by atoms with E-state index in [4.69, 9.17) is 9.15 Å². The molecule has 3 rings (SSSR count). The Bertz CT molecular complexity index is 538. The maximum atomic E-state index is 5.71. The molecule has 2 heterocycles. The predicted octanol–water partition coefficient (Wildman–Crippen LogP) is 3.46. The van der Waals surface area contributed by atoms with Crippen LogP contribution in [0.3, 0.4) is 0 Å². The lowest BCUT2D eigenvalue weighted by Crippen LogP contribution is -2.21. The number of rotatable bonds is 6. The van der Waals surface area contributed by atoms with Crippen LogP contribution in [0, 0.1) is 0 Å². The predicted molar refractivity (Wildman–Crippen MR) is 83.3 cm³/mol. The molecule has 2 aromatic rings. The number of thioether (sulfide) groups is 1. The summed E-state index contributed by atoms with van der Waals surface area (Å²) in [6, 6.07) is 10.2. The van der Waals surface area contributed by atoms with Crippen molar-refractivity contribution >= 4 is 11.8 Å². The maximum Gasteiger partial charge on any atom is 0.226 e. The van der Waals surface area contributed by atoms with Crippen molar-refractivity contribution in [3.8, 4) is 0 Å². The fourth-order valence-corrected chi connectivity index (χ4v) is 3.34. The lowest BCUT2D eigenvalue weighted by Gasteiger charge is -2.21. The van der Waals surface area contributed by atoms with Gasteiger partial charge >= 0.3 is 0 Å². The first-order chi connectivity index (χ1) is 10.4. The lowest BCUT2D eigenvalue weighted by molar-refractivity contribution is 0.0315. The van der Waals surface area contributed by atoms with E-state index in [2.05, 4.69) is 22.3 Å². The number of ether oxygens (including phenoxy) is 1. The zero-order chi connectivity index (χ0) is 14.3. The van der Waals surface area contributed by atoms with Crippen molar-refractivity contribution in [2.75, 3.05) is 12.4 Å². The monoisotopic (exact) mass is 304 g/mol. The van der Waals surface area contributed by atoms with Gasteiger partial charge in [0.2, 0.25) is 11.8 Å². The Kier molecular flexibility index (Phi) is 5.29. The van der Waals surface area contributed by atoms with Crippen LogP contribution in [0.1, 0.15) is 36.6 Å². The molecule has 0 spiro atoms. The number of nitrogens with zero attached hydrogens (tertiary/aromatic N) is 2. The Hall–Kier alpha value is -1.33. The van der Waals surface area contributed by atoms with Crippen LogP contribution in [-0.2, 0) is 16.9 Å². The second-order valence-electron chi connectivity index (χ2n) is 5.26. The molecule has 0 radical (unpaired) electrons. The van der Waals surface area contributed by atoms with Gasteiger partial charge in [0.25, 0.3) is 0 Å². The van der Waals surface area contributed by atoms with Crippen molar-refractivity contribution in [3.05, 3.63) is 47.7 Å². The van der Waals surface area contributed by atoms with Crippen molar-refractivity contribution < 1.29 is 9.15 Å². The largest absolute Gasteiger partial charge is 0.424 e. The number of benzene rings is 1. The third-order valence-electron chi connectivity index (χ3n) is 3.51. The van der Waals surface area contributed by atoms with Crippen LogP contribution in [0.4, 0.5) is 0 Å². The average molecular weight is 304 g/mol. The molecule has 5 heteroatoms. The van der Waals surface area contributed by atoms with E-state index in [1.807, 2.05) is 30.0 Å². The van der Waals surface area contributed by atoms with Gasteiger partial charge in [-0.1, -0.05) is 30.3 Å². The molecule has 1 saturated heterocycles. The molecule has 0 bridgehead atoms. The molecule has 0 unspecified atom stereocenters. The zero-order valence-corrected chi connectivity index (χ0v) is 12.8. The highest BCUT2D eigenvalue weighted by molar-refractivity contribution is 7.98. The topological polar surface area (TPSA) is 48.2 Å². The minimum atomic E-state index is 0.399. The summed E-state index contributed by atoms with van der Waals surface area (Å²) >= 11 is 1.81.